The van der Waals surface area contributed by atoms with E-state index >= 15 is 4.39 Å². The lowest BCUT2D eigenvalue weighted by molar-refractivity contribution is -0.757. The van der Waals surface area contributed by atoms with Crippen molar-refractivity contribution in [2.75, 3.05) is 19.8 Å². The van der Waals surface area contributed by atoms with E-state index in [-0.39, 0.29) is 50.9 Å². The van der Waals surface area contributed by atoms with E-state index in [9.17, 15) is 49.1 Å². The Balaban J connectivity index is 1.45. The summed E-state index contributed by atoms with van der Waals surface area (Å²) >= 11 is 0. The van der Waals surface area contributed by atoms with Gasteiger partial charge in [0.15, 0.2) is 29.7 Å². The number of nitrogens with one attached hydrogen (secondary N) is 1. The summed E-state index contributed by atoms with van der Waals surface area (Å²) in [5.41, 5.74) is -6.13. The number of rotatable bonds is 16. The number of carboxylic acids is 1. The van der Waals surface area contributed by atoms with Gasteiger partial charge >= 0.3 is 18.1 Å². The second-order valence-corrected chi connectivity index (χ2v) is 14.6. The zero-order valence-corrected chi connectivity index (χ0v) is 29.7. The van der Waals surface area contributed by atoms with Gasteiger partial charge in [-0.2, -0.15) is 0 Å². The van der Waals surface area contributed by atoms with E-state index in [2.05, 4.69) is 10.2 Å². The van der Waals surface area contributed by atoms with Crippen LogP contribution in [0, 0.1) is 38.7 Å². The number of carboxylic acid groups (broad SMARTS) is 1. The van der Waals surface area contributed by atoms with Crippen LogP contribution in [-0.2, 0) is 43.0 Å². The first-order valence-electron chi connectivity index (χ1n) is 17.5. The monoisotopic (exact) mass is 738 g/mol. The molecule has 1 unspecified atom stereocenters. The average molecular weight is 739 g/mol. The number of amides is 1. The van der Waals surface area contributed by atoms with E-state index < -0.39 is 100 Å². The Morgan fingerprint density at radius 3 is 2.50 bits per heavy atom. The molecule has 1 amide bonds. The first kappa shape index (κ1) is 40.4. The minimum absolute atomic E-state index is 0.103. The summed E-state index contributed by atoms with van der Waals surface area (Å²) in [6.45, 7) is 4.61. The maximum atomic E-state index is 17.6. The SMILES string of the molecule is CCC(=O)O[C@]1(C(=O)COC(=O)OCC(NC(=O)CCCCCO[N+](=O)[O-])C(=O)O)[C@@H](C)C[C@H]2[C@@H]3CCC4=CC(=O)C=C[C@]4(C)[C@@]3(F)[C@@H](O)C[C@@]21C. The largest absolute Gasteiger partial charge is 0.508 e. The number of alkyl halides is 1. The van der Waals surface area contributed by atoms with Crippen molar-refractivity contribution in [3.05, 3.63) is 33.9 Å². The highest BCUT2D eigenvalue weighted by molar-refractivity contribution is 6.01. The number of unbranched alkanes of at least 4 members (excludes halogenated alkanes) is 2. The van der Waals surface area contributed by atoms with Gasteiger partial charge in [-0.3, -0.25) is 19.2 Å². The maximum absolute atomic E-state index is 17.6. The highest BCUT2D eigenvalue weighted by Crippen LogP contribution is 2.71. The van der Waals surface area contributed by atoms with E-state index in [4.69, 9.17) is 14.2 Å². The van der Waals surface area contributed by atoms with Gasteiger partial charge in [-0.25, -0.2) is 14.0 Å². The van der Waals surface area contributed by atoms with Crippen LogP contribution in [0.5, 0.6) is 0 Å². The topological polar surface area (TPSA) is 235 Å². The molecule has 4 aliphatic rings. The van der Waals surface area contributed by atoms with Crippen molar-refractivity contribution >= 4 is 35.6 Å². The summed E-state index contributed by atoms with van der Waals surface area (Å²) < 4.78 is 33.6. The fourth-order valence-corrected chi connectivity index (χ4v) is 9.22. The van der Waals surface area contributed by atoms with Crippen LogP contribution in [0.1, 0.15) is 85.5 Å². The van der Waals surface area contributed by atoms with Crippen LogP contribution in [0.3, 0.4) is 0 Å². The molecule has 9 atom stereocenters. The fraction of sp³-hybridized carbons (Fsp3) is 0.714. The van der Waals surface area contributed by atoms with Crippen molar-refractivity contribution in [2.24, 2.45) is 28.6 Å². The number of carbonyl (C=O) groups is 6. The Kier molecular flexibility index (Phi) is 12.2. The molecule has 0 bridgehead atoms. The Morgan fingerprint density at radius 1 is 1.13 bits per heavy atom. The number of ketones is 2. The van der Waals surface area contributed by atoms with Gasteiger partial charge in [-0.05, 0) is 63.5 Å². The number of aliphatic carboxylic acids is 1. The second kappa shape index (κ2) is 15.7. The molecular weight excluding hydrogens is 691 g/mol. The Labute approximate surface area is 299 Å². The molecule has 4 rings (SSSR count). The summed E-state index contributed by atoms with van der Waals surface area (Å²) in [7, 11) is 0. The van der Waals surface area contributed by atoms with Gasteiger partial charge in [0.05, 0.1) is 12.7 Å². The number of ether oxygens (including phenoxy) is 3. The van der Waals surface area contributed by atoms with Crippen LogP contribution in [-0.4, -0.2) is 94.1 Å². The maximum Gasteiger partial charge on any atom is 0.508 e. The third-order valence-corrected chi connectivity index (χ3v) is 11.7. The zero-order chi connectivity index (χ0) is 38.6. The smallest absolute Gasteiger partial charge is 0.480 e. The van der Waals surface area contributed by atoms with E-state index in [1.54, 1.807) is 20.8 Å². The standard InChI is InChI=1S/C35H47FN2O14/c1-5-29(43)52-35(27(41)19-50-31(46)49-18-25(30(44)45)37-28(42)9-7-6-8-14-51-38(47)48)20(2)15-24-23-11-10-21-16-22(39)12-13-32(21,3)34(23,36)26(40)17-33(24,35)4/h12-13,16,20,23-26,40H,5-11,14-15,17-19H2,1-4H3,(H,37,42)(H,44,45)/t20-,23-,24-,25?,26-,32-,33-,34-,35-/m0/s1. The minimum atomic E-state index is -2.20. The lowest BCUT2D eigenvalue weighted by atomic mass is 9.44. The van der Waals surface area contributed by atoms with Crippen LogP contribution in [0.25, 0.3) is 0 Å². The molecule has 0 aromatic carbocycles. The molecule has 288 valence electrons. The number of esters is 1. The fourth-order valence-electron chi connectivity index (χ4n) is 9.22. The van der Waals surface area contributed by atoms with E-state index in [0.29, 0.717) is 24.8 Å². The molecule has 4 aliphatic carbocycles. The number of aliphatic hydroxyl groups excluding tert-OH is 1. The third-order valence-electron chi connectivity index (χ3n) is 11.7. The third kappa shape index (κ3) is 7.28. The van der Waals surface area contributed by atoms with Crippen LogP contribution >= 0.6 is 0 Å². The van der Waals surface area contributed by atoms with Gasteiger partial charge < -0.3 is 34.6 Å². The number of allylic oxidation sites excluding steroid dienone is 4. The van der Waals surface area contributed by atoms with Gasteiger partial charge in [-0.1, -0.05) is 38.8 Å². The van der Waals surface area contributed by atoms with E-state index in [1.165, 1.54) is 25.2 Å². The Bertz CT molecular complexity index is 1530. The molecule has 0 spiro atoms. The quantitative estimate of drug-likeness (QED) is 0.0892. The predicted octanol–water partition coefficient (Wildman–Crippen LogP) is 3.36. The molecule has 0 aromatic heterocycles. The van der Waals surface area contributed by atoms with Crippen molar-refractivity contribution in [1.82, 2.24) is 5.32 Å². The van der Waals surface area contributed by atoms with Gasteiger partial charge in [-0.15, -0.1) is 10.1 Å². The summed E-state index contributed by atoms with van der Waals surface area (Å²) in [4.78, 5) is 90.2. The predicted molar refractivity (Wildman–Crippen MR) is 175 cm³/mol. The minimum Gasteiger partial charge on any atom is -0.480 e. The average Bonchev–Trinajstić information content (AvgIpc) is 3.29. The van der Waals surface area contributed by atoms with Crippen LogP contribution < -0.4 is 5.32 Å². The van der Waals surface area contributed by atoms with Crippen molar-refractivity contribution in [1.29, 1.82) is 0 Å². The van der Waals surface area contributed by atoms with Gasteiger partial charge in [0.1, 0.15) is 6.61 Å². The molecule has 0 radical (unpaired) electrons. The summed E-state index contributed by atoms with van der Waals surface area (Å²) in [5, 5.41) is 32.7. The molecule has 0 heterocycles. The summed E-state index contributed by atoms with van der Waals surface area (Å²) in [6.07, 6.45) is 2.57. The molecule has 3 saturated carbocycles. The first-order chi connectivity index (χ1) is 24.4. The highest BCUT2D eigenvalue weighted by Gasteiger charge is 2.77. The number of hydrogen-bond donors (Lipinski definition) is 3. The van der Waals surface area contributed by atoms with Crippen LogP contribution in [0.4, 0.5) is 9.18 Å². The molecule has 0 aromatic rings. The van der Waals surface area contributed by atoms with Crippen LogP contribution in [0.2, 0.25) is 0 Å². The van der Waals surface area contributed by atoms with Gasteiger partial charge in [0, 0.05) is 35.5 Å². The number of halogens is 1. The Morgan fingerprint density at radius 2 is 1.85 bits per heavy atom. The van der Waals surface area contributed by atoms with E-state index in [0.717, 1.165) is 0 Å². The number of fused-ring (bicyclic) bond motifs is 5. The Hall–Kier alpha value is -4.41. The highest BCUT2D eigenvalue weighted by atomic mass is 19.1. The molecule has 0 saturated heterocycles. The van der Waals surface area contributed by atoms with Crippen molar-refractivity contribution in [2.45, 2.75) is 109 Å². The number of nitrogens with zero attached hydrogens (tertiary/aromatic N) is 1. The van der Waals surface area contributed by atoms with E-state index in [1.807, 2.05) is 0 Å². The summed E-state index contributed by atoms with van der Waals surface area (Å²) in [5.74, 6) is -6.04. The number of carbonyl (C=O) groups excluding carboxylic acids is 5. The molecule has 3 N–H and O–H groups in total. The lowest BCUT2D eigenvalue weighted by Gasteiger charge is -2.62. The van der Waals surface area contributed by atoms with Crippen LogP contribution in [0.15, 0.2) is 23.8 Å². The number of hydrogen-bond acceptors (Lipinski definition) is 13. The molecule has 16 nitrogen and oxygen atoms in total. The summed E-state index contributed by atoms with van der Waals surface area (Å²) in [6, 6.07) is -1.66. The van der Waals surface area contributed by atoms with Gasteiger partial charge in [0.25, 0.3) is 5.09 Å². The first-order valence-corrected chi connectivity index (χ1v) is 17.5. The molecule has 0 aliphatic heterocycles. The normalized spacial score (nSPS) is 33.7. The number of Topliss-reactive ketones (excluding diaryl/α,β-unsaturated/α-hetero) is 1. The molecule has 52 heavy (non-hydrogen) atoms. The molecule has 17 heteroatoms. The van der Waals surface area contributed by atoms with Crippen molar-refractivity contribution in [3.63, 3.8) is 0 Å². The second-order valence-electron chi connectivity index (χ2n) is 14.6. The van der Waals surface area contributed by atoms with Crippen molar-refractivity contribution in [3.8, 4) is 0 Å². The zero-order valence-electron chi connectivity index (χ0n) is 29.7. The van der Waals surface area contributed by atoms with Crippen molar-refractivity contribution < 1.29 is 67.5 Å². The van der Waals surface area contributed by atoms with Gasteiger partial charge in [0.2, 0.25) is 11.7 Å². The molecular formula is C35H47FN2O14. The molecule has 3 fully saturated rings. The number of aliphatic hydroxyl groups is 1. The lowest BCUT2D eigenvalue weighted by Crippen LogP contribution is -2.70.